The van der Waals surface area contributed by atoms with E-state index in [1.54, 1.807) is 0 Å². The summed E-state index contributed by atoms with van der Waals surface area (Å²) in [6.45, 7) is 2.67. The van der Waals surface area contributed by atoms with Gasteiger partial charge < -0.3 is 10.2 Å². The summed E-state index contributed by atoms with van der Waals surface area (Å²) < 4.78 is 0.974. The van der Waals surface area contributed by atoms with Crippen LogP contribution in [0.25, 0.3) is 0 Å². The van der Waals surface area contributed by atoms with Gasteiger partial charge in [-0.3, -0.25) is 9.59 Å². The van der Waals surface area contributed by atoms with Gasteiger partial charge in [-0.2, -0.15) is 0 Å². The van der Waals surface area contributed by atoms with Crippen molar-refractivity contribution in [2.45, 2.75) is 32.1 Å². The Kier molecular flexibility index (Phi) is 6.24. The van der Waals surface area contributed by atoms with Gasteiger partial charge in [-0.15, -0.1) is 10.2 Å². The van der Waals surface area contributed by atoms with Crippen LogP contribution in [-0.2, 0) is 22.4 Å². The molecular weight excluding hydrogens is 464 g/mol. The molecule has 154 valence electrons. The minimum absolute atomic E-state index is 0.0166. The van der Waals surface area contributed by atoms with E-state index in [9.17, 15) is 9.59 Å². The van der Waals surface area contributed by atoms with Crippen LogP contribution in [0.15, 0.2) is 53.0 Å². The van der Waals surface area contributed by atoms with E-state index in [1.807, 2.05) is 47.4 Å². The van der Waals surface area contributed by atoms with Gasteiger partial charge in [-0.1, -0.05) is 64.5 Å². The molecule has 8 heteroatoms. The number of nitrogens with one attached hydrogen (secondary N) is 1. The molecule has 2 aromatic carbocycles. The van der Waals surface area contributed by atoms with Gasteiger partial charge in [0.2, 0.25) is 16.9 Å². The molecule has 1 saturated heterocycles. The summed E-state index contributed by atoms with van der Waals surface area (Å²) in [5, 5.41) is 12.4. The molecule has 0 radical (unpaired) electrons. The first kappa shape index (κ1) is 20.7. The van der Waals surface area contributed by atoms with Crippen molar-refractivity contribution in [3.05, 3.63) is 69.1 Å². The second-order valence-corrected chi connectivity index (χ2v) is 9.11. The molecule has 6 nitrogen and oxygen atoms in total. The molecule has 2 amide bonds. The van der Waals surface area contributed by atoms with Crippen molar-refractivity contribution in [3.63, 3.8) is 0 Å². The van der Waals surface area contributed by atoms with E-state index in [2.05, 4.69) is 44.4 Å². The number of rotatable bonds is 6. The van der Waals surface area contributed by atoms with Gasteiger partial charge in [0.1, 0.15) is 5.01 Å². The lowest BCUT2D eigenvalue weighted by atomic mass is 10.1. The minimum Gasteiger partial charge on any atom is -0.311 e. The highest BCUT2D eigenvalue weighted by molar-refractivity contribution is 9.10. The van der Waals surface area contributed by atoms with Crippen LogP contribution in [-0.4, -0.2) is 28.6 Å². The van der Waals surface area contributed by atoms with Gasteiger partial charge in [0.25, 0.3) is 0 Å². The Morgan fingerprint density at radius 3 is 2.73 bits per heavy atom. The molecule has 1 atom stereocenters. The fraction of sp³-hybridized carbons (Fsp3) is 0.273. The number of nitrogens with zero attached hydrogens (tertiary/aromatic N) is 3. The second-order valence-electron chi connectivity index (χ2n) is 7.18. The molecule has 0 saturated carbocycles. The summed E-state index contributed by atoms with van der Waals surface area (Å²) in [5.41, 5.74) is 3.05. The highest BCUT2D eigenvalue weighted by Crippen LogP contribution is 2.35. The maximum atomic E-state index is 12.6. The number of hydrogen-bond acceptors (Lipinski definition) is 5. The number of carbonyl (C=O) groups excluding carboxylic acids is 2. The molecule has 1 aliphatic heterocycles. The summed E-state index contributed by atoms with van der Waals surface area (Å²) in [6, 6.07) is 15.6. The van der Waals surface area contributed by atoms with Crippen LogP contribution in [0, 0.1) is 0 Å². The molecule has 2 heterocycles. The number of carbonyl (C=O) groups is 2. The maximum Gasteiger partial charge on any atom is 0.230 e. The zero-order valence-electron chi connectivity index (χ0n) is 16.5. The Balaban J connectivity index is 1.41. The lowest BCUT2D eigenvalue weighted by Crippen LogP contribution is -2.25. The summed E-state index contributed by atoms with van der Waals surface area (Å²) in [5.74, 6) is -0.0602. The highest BCUT2D eigenvalue weighted by Gasteiger charge is 2.34. The van der Waals surface area contributed by atoms with Crippen molar-refractivity contribution < 1.29 is 9.59 Å². The number of amides is 2. The van der Waals surface area contributed by atoms with Crippen molar-refractivity contribution in [3.8, 4) is 0 Å². The third-order valence-electron chi connectivity index (χ3n) is 5.10. The molecule has 4 rings (SSSR count). The number of anilines is 2. The molecular formula is C22H21BrN4O2S. The SMILES string of the molecule is CCc1ccccc1N1CC(c2nnc(NC(=O)Cc3ccc(Br)cc3)s2)CC1=O. The van der Waals surface area contributed by atoms with E-state index in [0.29, 0.717) is 18.1 Å². The Hall–Kier alpha value is -2.58. The monoisotopic (exact) mass is 484 g/mol. The predicted octanol–water partition coefficient (Wildman–Crippen LogP) is 4.56. The normalized spacial score (nSPS) is 16.1. The quantitative estimate of drug-likeness (QED) is 0.556. The Morgan fingerprint density at radius 2 is 1.97 bits per heavy atom. The minimum atomic E-state index is -0.138. The number of halogens is 1. The van der Waals surface area contributed by atoms with Crippen molar-refractivity contribution in [1.82, 2.24) is 10.2 Å². The highest BCUT2D eigenvalue weighted by atomic mass is 79.9. The third kappa shape index (κ3) is 4.60. The van der Waals surface area contributed by atoms with Gasteiger partial charge in [0.15, 0.2) is 0 Å². The van der Waals surface area contributed by atoms with Crippen LogP contribution < -0.4 is 10.2 Å². The standard InChI is InChI=1S/C22H21BrN4O2S/c1-2-15-5-3-4-6-18(15)27-13-16(12-20(27)29)21-25-26-22(30-21)24-19(28)11-14-7-9-17(23)10-8-14/h3-10,16H,2,11-13H2,1H3,(H,24,26,28). The summed E-state index contributed by atoms with van der Waals surface area (Å²) in [4.78, 5) is 26.8. The van der Waals surface area contributed by atoms with Crippen molar-refractivity contribution in [2.75, 3.05) is 16.8 Å². The van der Waals surface area contributed by atoms with E-state index in [1.165, 1.54) is 11.3 Å². The Morgan fingerprint density at radius 1 is 1.20 bits per heavy atom. The number of benzene rings is 2. The average molecular weight is 485 g/mol. The van der Waals surface area contributed by atoms with Crippen LogP contribution in [0.3, 0.4) is 0 Å². The first-order valence-electron chi connectivity index (χ1n) is 9.79. The van der Waals surface area contributed by atoms with Gasteiger partial charge in [0.05, 0.1) is 6.42 Å². The Bertz CT molecular complexity index is 1070. The van der Waals surface area contributed by atoms with Crippen LogP contribution in [0.4, 0.5) is 10.8 Å². The summed E-state index contributed by atoms with van der Waals surface area (Å²) >= 11 is 4.73. The van der Waals surface area contributed by atoms with Gasteiger partial charge in [-0.05, 0) is 35.7 Å². The smallest absolute Gasteiger partial charge is 0.230 e. The van der Waals surface area contributed by atoms with Crippen LogP contribution in [0.1, 0.15) is 35.4 Å². The topological polar surface area (TPSA) is 75.2 Å². The lowest BCUT2D eigenvalue weighted by molar-refractivity contribution is -0.117. The van der Waals surface area contributed by atoms with Crippen LogP contribution in [0.2, 0.25) is 0 Å². The first-order chi connectivity index (χ1) is 14.5. The van der Waals surface area contributed by atoms with Crippen molar-refractivity contribution in [1.29, 1.82) is 0 Å². The van der Waals surface area contributed by atoms with Gasteiger partial charge in [0, 0.05) is 29.0 Å². The number of para-hydroxylation sites is 1. The number of hydrogen-bond donors (Lipinski definition) is 1. The summed E-state index contributed by atoms with van der Waals surface area (Å²) in [7, 11) is 0. The summed E-state index contributed by atoms with van der Waals surface area (Å²) in [6.07, 6.45) is 1.54. The molecule has 0 aliphatic carbocycles. The van der Waals surface area contributed by atoms with Crippen molar-refractivity contribution >= 4 is 49.9 Å². The molecule has 1 aromatic heterocycles. The van der Waals surface area contributed by atoms with Gasteiger partial charge in [-0.25, -0.2) is 0 Å². The molecule has 1 aliphatic rings. The second kappa shape index (κ2) is 9.06. The zero-order chi connectivity index (χ0) is 21.1. The lowest BCUT2D eigenvalue weighted by Gasteiger charge is -2.19. The van der Waals surface area contributed by atoms with Crippen molar-refractivity contribution in [2.24, 2.45) is 0 Å². The van der Waals surface area contributed by atoms with E-state index in [4.69, 9.17) is 0 Å². The fourth-order valence-electron chi connectivity index (χ4n) is 3.58. The average Bonchev–Trinajstić information content (AvgIpc) is 3.36. The number of aromatic nitrogens is 2. The molecule has 0 bridgehead atoms. The van der Waals surface area contributed by atoms with E-state index >= 15 is 0 Å². The maximum absolute atomic E-state index is 12.6. The zero-order valence-corrected chi connectivity index (χ0v) is 18.9. The molecule has 1 unspecified atom stereocenters. The first-order valence-corrected chi connectivity index (χ1v) is 11.4. The molecule has 3 aromatic rings. The predicted molar refractivity (Wildman–Crippen MR) is 122 cm³/mol. The van der Waals surface area contributed by atoms with Crippen LogP contribution in [0.5, 0.6) is 0 Å². The Labute approximate surface area is 187 Å². The molecule has 1 fully saturated rings. The van der Waals surface area contributed by atoms with Crippen LogP contribution >= 0.6 is 27.3 Å². The molecule has 0 spiro atoms. The van der Waals surface area contributed by atoms with E-state index in [0.717, 1.165) is 32.7 Å². The molecule has 1 N–H and O–H groups in total. The van der Waals surface area contributed by atoms with E-state index in [-0.39, 0.29) is 24.2 Å². The third-order valence-corrected chi connectivity index (χ3v) is 6.63. The van der Waals surface area contributed by atoms with Gasteiger partial charge >= 0.3 is 0 Å². The molecule has 30 heavy (non-hydrogen) atoms. The number of aryl methyl sites for hydroxylation is 1. The largest absolute Gasteiger partial charge is 0.311 e. The van der Waals surface area contributed by atoms with E-state index < -0.39 is 0 Å². The fourth-order valence-corrected chi connectivity index (χ4v) is 4.70.